The number of nitrogens with zero attached hydrogens (tertiary/aromatic N) is 3. The summed E-state index contributed by atoms with van der Waals surface area (Å²) in [6.07, 6.45) is -0.0564. The molecule has 3 N–H and O–H groups in total. The molecule has 0 saturated carbocycles. The molecular weight excluding hydrogens is 396 g/mol. The molecule has 11 heteroatoms. The van der Waals surface area contributed by atoms with Crippen LogP contribution in [0.2, 0.25) is 5.02 Å². The molecule has 0 atom stereocenters. The monoisotopic (exact) mass is 407 g/mol. The van der Waals surface area contributed by atoms with Crippen LogP contribution in [0.3, 0.4) is 0 Å². The van der Waals surface area contributed by atoms with Crippen LogP contribution >= 0.6 is 11.6 Å². The molecule has 0 bridgehead atoms. The maximum atomic E-state index is 13.2. The summed E-state index contributed by atoms with van der Waals surface area (Å²) in [5, 5.41) is 18.8. The minimum atomic E-state index is -0.629. The van der Waals surface area contributed by atoms with Crippen LogP contribution in [0.25, 0.3) is 0 Å². The number of hydroxylamine groups is 1. The average Bonchev–Trinajstić information content (AvgIpc) is 3.12. The molecule has 1 amide bonds. The Morgan fingerprint density at radius 3 is 2.61 bits per heavy atom. The Balaban J connectivity index is 1.79. The molecule has 1 aromatic heterocycles. The number of carbonyl (C=O) groups excluding carboxylic acids is 1. The van der Waals surface area contributed by atoms with Crippen LogP contribution in [0.1, 0.15) is 11.3 Å². The number of anilines is 1. The summed E-state index contributed by atoms with van der Waals surface area (Å²) in [5.74, 6) is -1.86. The number of benzene rings is 2. The molecule has 3 rings (SSSR count). The second-order valence-corrected chi connectivity index (χ2v) is 5.89. The van der Waals surface area contributed by atoms with E-state index in [9.17, 15) is 18.8 Å². The molecule has 0 radical (unpaired) electrons. The molecular formula is C17H12ClF2N5O3. The molecule has 8 nitrogen and oxygen atoms in total. The topological polar surface area (TPSA) is 113 Å². The highest BCUT2D eigenvalue weighted by Gasteiger charge is 2.19. The first kappa shape index (κ1) is 19.4. The molecule has 3 aromatic rings. The Hall–Kier alpha value is -3.37. The Labute approximate surface area is 161 Å². The lowest BCUT2D eigenvalue weighted by molar-refractivity contribution is -0.115. The van der Waals surface area contributed by atoms with Crippen molar-refractivity contribution >= 4 is 34.8 Å². The lowest BCUT2D eigenvalue weighted by Crippen LogP contribution is -2.23. The molecule has 0 unspecified atom stereocenters. The van der Waals surface area contributed by atoms with E-state index in [4.69, 9.17) is 11.6 Å². The van der Waals surface area contributed by atoms with Crippen molar-refractivity contribution in [3.8, 4) is 0 Å². The smallest absolute Gasteiger partial charge is 0.230 e. The number of rotatable bonds is 5. The van der Waals surface area contributed by atoms with Crippen LogP contribution in [0.4, 0.5) is 20.3 Å². The van der Waals surface area contributed by atoms with E-state index in [0.29, 0.717) is 5.56 Å². The van der Waals surface area contributed by atoms with E-state index in [1.54, 1.807) is 0 Å². The fourth-order valence-corrected chi connectivity index (χ4v) is 2.38. The van der Waals surface area contributed by atoms with Gasteiger partial charge in [0.2, 0.25) is 11.7 Å². The number of hydrogen-bond acceptors (Lipinski definition) is 6. The summed E-state index contributed by atoms with van der Waals surface area (Å²) >= 11 is 5.70. The van der Waals surface area contributed by atoms with Crippen LogP contribution in [0, 0.1) is 11.6 Å². The van der Waals surface area contributed by atoms with Gasteiger partial charge in [-0.25, -0.2) is 18.4 Å². The third-order valence-corrected chi connectivity index (χ3v) is 3.79. The van der Waals surface area contributed by atoms with E-state index < -0.39 is 17.5 Å². The van der Waals surface area contributed by atoms with Gasteiger partial charge in [-0.1, -0.05) is 23.7 Å². The van der Waals surface area contributed by atoms with Gasteiger partial charge in [-0.3, -0.25) is 15.5 Å². The van der Waals surface area contributed by atoms with Crippen molar-refractivity contribution in [1.29, 1.82) is 0 Å². The van der Waals surface area contributed by atoms with Gasteiger partial charge in [-0.2, -0.15) is 0 Å². The SMILES string of the molecule is O=C(Cc1ccc(F)cc1)Nc1nonc1C(=Nc1ccc(F)c(Cl)c1)NO. The van der Waals surface area contributed by atoms with Crippen molar-refractivity contribution in [1.82, 2.24) is 15.8 Å². The van der Waals surface area contributed by atoms with E-state index >= 15 is 0 Å². The minimum Gasteiger partial charge on any atom is -0.306 e. The third-order valence-electron chi connectivity index (χ3n) is 3.50. The van der Waals surface area contributed by atoms with Crippen LogP contribution < -0.4 is 10.8 Å². The number of halogens is 3. The van der Waals surface area contributed by atoms with Crippen LogP contribution in [-0.4, -0.2) is 27.3 Å². The highest BCUT2D eigenvalue weighted by Crippen LogP contribution is 2.23. The summed E-state index contributed by atoms with van der Waals surface area (Å²) in [6.45, 7) is 0. The number of hydrogen-bond donors (Lipinski definition) is 3. The Morgan fingerprint density at radius 2 is 1.93 bits per heavy atom. The van der Waals surface area contributed by atoms with Crippen LogP contribution in [-0.2, 0) is 11.2 Å². The molecule has 144 valence electrons. The third kappa shape index (κ3) is 4.67. The average molecular weight is 408 g/mol. The number of carbonyl (C=O) groups is 1. The molecule has 2 aromatic carbocycles. The van der Waals surface area contributed by atoms with Gasteiger partial charge in [-0.05, 0) is 46.2 Å². The predicted octanol–water partition coefficient (Wildman–Crippen LogP) is 3.24. The van der Waals surface area contributed by atoms with Gasteiger partial charge in [-0.15, -0.1) is 0 Å². The van der Waals surface area contributed by atoms with Crippen LogP contribution in [0.15, 0.2) is 52.1 Å². The first-order chi connectivity index (χ1) is 13.5. The van der Waals surface area contributed by atoms with Gasteiger partial charge in [0.05, 0.1) is 17.1 Å². The standard InChI is InChI=1S/C17H12ClF2N5O3/c18-12-8-11(5-6-13(12)20)21-16(23-27)15-17(25-28-24-15)22-14(26)7-9-1-3-10(19)4-2-9/h1-6,8,27H,7H2,(H,21,23)(H,22,25,26). The van der Waals surface area contributed by atoms with Gasteiger partial charge >= 0.3 is 0 Å². The van der Waals surface area contributed by atoms with Gasteiger partial charge in [0.25, 0.3) is 0 Å². The Bertz CT molecular complexity index is 1020. The number of nitrogens with one attached hydrogen (secondary N) is 2. The summed E-state index contributed by atoms with van der Waals surface area (Å²) in [6, 6.07) is 9.06. The molecule has 0 spiro atoms. The fourth-order valence-electron chi connectivity index (χ4n) is 2.20. The zero-order chi connectivity index (χ0) is 20.1. The fraction of sp³-hybridized carbons (Fsp3) is 0.0588. The number of amidine groups is 1. The number of amides is 1. The van der Waals surface area contributed by atoms with E-state index in [0.717, 1.165) is 6.07 Å². The highest BCUT2D eigenvalue weighted by molar-refractivity contribution is 6.31. The zero-order valence-corrected chi connectivity index (χ0v) is 14.7. The molecule has 1 heterocycles. The van der Waals surface area contributed by atoms with Gasteiger partial charge in [0, 0.05) is 0 Å². The maximum Gasteiger partial charge on any atom is 0.230 e. The summed E-state index contributed by atoms with van der Waals surface area (Å²) in [4.78, 5) is 16.2. The first-order valence-corrected chi connectivity index (χ1v) is 8.15. The van der Waals surface area contributed by atoms with E-state index in [-0.39, 0.29) is 34.5 Å². The molecule has 28 heavy (non-hydrogen) atoms. The highest BCUT2D eigenvalue weighted by atomic mass is 35.5. The van der Waals surface area contributed by atoms with Crippen molar-refractivity contribution < 1.29 is 23.4 Å². The largest absolute Gasteiger partial charge is 0.306 e. The second kappa shape index (κ2) is 8.55. The van der Waals surface area contributed by atoms with Crippen LogP contribution in [0.5, 0.6) is 0 Å². The van der Waals surface area contributed by atoms with Gasteiger partial charge < -0.3 is 5.32 Å². The summed E-state index contributed by atoms with van der Waals surface area (Å²) < 4.78 is 30.8. The molecule has 0 aliphatic heterocycles. The summed E-state index contributed by atoms with van der Waals surface area (Å²) in [7, 11) is 0. The normalized spacial score (nSPS) is 11.4. The van der Waals surface area contributed by atoms with Gasteiger partial charge in [0.1, 0.15) is 11.6 Å². The lowest BCUT2D eigenvalue weighted by atomic mass is 10.1. The lowest BCUT2D eigenvalue weighted by Gasteiger charge is -2.05. The molecule has 0 aliphatic carbocycles. The van der Waals surface area contributed by atoms with Gasteiger partial charge in [0.15, 0.2) is 11.5 Å². The predicted molar refractivity (Wildman–Crippen MR) is 95.6 cm³/mol. The van der Waals surface area contributed by atoms with Crippen molar-refractivity contribution in [2.45, 2.75) is 6.42 Å². The quantitative estimate of drug-likeness (QED) is 0.340. The first-order valence-electron chi connectivity index (χ1n) is 7.77. The van der Waals surface area contributed by atoms with Crippen molar-refractivity contribution in [2.24, 2.45) is 4.99 Å². The molecule has 0 saturated heterocycles. The Morgan fingerprint density at radius 1 is 1.18 bits per heavy atom. The van der Waals surface area contributed by atoms with Crippen molar-refractivity contribution in [3.63, 3.8) is 0 Å². The van der Waals surface area contributed by atoms with Crippen molar-refractivity contribution in [3.05, 3.63) is 70.4 Å². The number of aromatic nitrogens is 2. The van der Waals surface area contributed by atoms with E-state index in [1.165, 1.54) is 36.4 Å². The van der Waals surface area contributed by atoms with E-state index in [2.05, 4.69) is 25.3 Å². The maximum absolute atomic E-state index is 13.2. The Kier molecular flexibility index (Phi) is 5.92. The summed E-state index contributed by atoms with van der Waals surface area (Å²) in [5.41, 5.74) is 2.49. The minimum absolute atomic E-state index is 0.0564. The molecule has 0 fully saturated rings. The molecule has 0 aliphatic rings. The second-order valence-electron chi connectivity index (χ2n) is 5.48. The van der Waals surface area contributed by atoms with Crippen molar-refractivity contribution in [2.75, 3.05) is 5.32 Å². The zero-order valence-electron chi connectivity index (χ0n) is 14.0. The number of aliphatic imine (C=N–C) groups is 1. The van der Waals surface area contributed by atoms with E-state index in [1.807, 2.05) is 5.48 Å².